The number of halogens is 2. The lowest BCUT2D eigenvalue weighted by molar-refractivity contribution is -0.171. The van der Waals surface area contributed by atoms with E-state index in [1.807, 2.05) is 0 Å². The molecule has 4 rings (SSSR count). The highest BCUT2D eigenvalue weighted by atomic mass is 19.3. The van der Waals surface area contributed by atoms with Gasteiger partial charge in [0.25, 0.3) is 5.91 Å². The fraction of sp³-hybridized carbons (Fsp3) is 0.263. The molecule has 3 atom stereocenters. The van der Waals surface area contributed by atoms with Crippen molar-refractivity contribution in [2.75, 3.05) is 26.3 Å². The van der Waals surface area contributed by atoms with Crippen molar-refractivity contribution in [1.82, 2.24) is 15.5 Å². The van der Waals surface area contributed by atoms with Crippen LogP contribution in [0.5, 0.6) is 0 Å². The molecular weight excluding hydrogens is 648 g/mol. The van der Waals surface area contributed by atoms with Gasteiger partial charge < -0.3 is 24.8 Å². The van der Waals surface area contributed by atoms with E-state index in [1.165, 1.54) is 48.5 Å². The van der Waals surface area contributed by atoms with E-state index >= 15 is 8.78 Å². The third kappa shape index (κ3) is 10.0. The summed E-state index contributed by atoms with van der Waals surface area (Å²) in [4.78, 5) is 54.0. The first-order valence-electron chi connectivity index (χ1n) is 16.0. The second kappa shape index (κ2) is 18.3. The zero-order chi connectivity index (χ0) is 35.9. The number of hydrogen-bond donors (Lipinski definition) is 3. The fourth-order valence-corrected chi connectivity index (χ4v) is 5.29. The summed E-state index contributed by atoms with van der Waals surface area (Å²) in [6.07, 6.45) is 0. The van der Waals surface area contributed by atoms with Crippen molar-refractivity contribution in [1.29, 1.82) is 0 Å². The minimum Gasteiger partial charge on any atom is -0.465 e. The van der Waals surface area contributed by atoms with E-state index in [9.17, 15) is 24.3 Å². The summed E-state index contributed by atoms with van der Waals surface area (Å²) in [5.41, 5.74) is 1.20. The number of nitrogens with zero attached hydrogens (tertiary/aromatic N) is 1. The average molecular weight is 688 g/mol. The maximum Gasteiger partial charge on any atom is 0.343 e. The lowest BCUT2D eigenvalue weighted by Crippen LogP contribution is -2.56. The lowest BCUT2D eigenvalue weighted by atomic mass is 9.95. The molecule has 0 aromatic heterocycles. The largest absolute Gasteiger partial charge is 0.465 e. The van der Waals surface area contributed by atoms with Gasteiger partial charge in [-0.1, -0.05) is 121 Å². The Labute approximate surface area is 289 Å². The number of aliphatic hydroxyl groups excluding tert-OH is 1. The van der Waals surface area contributed by atoms with Crippen LogP contribution < -0.4 is 10.6 Å². The van der Waals surface area contributed by atoms with E-state index in [0.29, 0.717) is 16.0 Å². The summed E-state index contributed by atoms with van der Waals surface area (Å²) in [5, 5.41) is 15.4. The van der Waals surface area contributed by atoms with Crippen LogP contribution in [0, 0.1) is 0 Å². The number of aliphatic hydroxyl groups is 1. The molecule has 4 aromatic rings. The van der Waals surface area contributed by atoms with Gasteiger partial charge >= 0.3 is 17.9 Å². The summed E-state index contributed by atoms with van der Waals surface area (Å²) in [6, 6.07) is 27.2. The minimum absolute atomic E-state index is 0.00913. The number of esters is 2. The summed E-state index contributed by atoms with van der Waals surface area (Å²) in [6.45, 7) is -0.852. The summed E-state index contributed by atoms with van der Waals surface area (Å²) < 4.78 is 44.2. The van der Waals surface area contributed by atoms with Gasteiger partial charge in [0.2, 0.25) is 5.91 Å². The molecule has 0 heterocycles. The molecule has 0 spiro atoms. The van der Waals surface area contributed by atoms with Crippen LogP contribution in [0.3, 0.4) is 0 Å². The number of nitrogens with one attached hydrogen (secondary N) is 2. The van der Waals surface area contributed by atoms with Crippen molar-refractivity contribution < 1.29 is 42.5 Å². The van der Waals surface area contributed by atoms with Gasteiger partial charge in [-0.3, -0.25) is 24.5 Å². The number of carbonyl (C=O) groups is 4. The van der Waals surface area contributed by atoms with Gasteiger partial charge in [0.15, 0.2) is 0 Å². The van der Waals surface area contributed by atoms with Gasteiger partial charge in [-0.2, -0.15) is 8.78 Å². The van der Waals surface area contributed by atoms with Crippen LogP contribution in [0.4, 0.5) is 8.78 Å². The molecule has 3 N–H and O–H groups in total. The maximum atomic E-state index is 17.0. The highest BCUT2D eigenvalue weighted by Crippen LogP contribution is 2.37. The number of benzene rings is 4. The Morgan fingerprint density at radius 1 is 0.740 bits per heavy atom. The first kappa shape index (κ1) is 37.4. The van der Waals surface area contributed by atoms with Crippen molar-refractivity contribution in [3.05, 3.63) is 144 Å². The molecule has 12 heteroatoms. The van der Waals surface area contributed by atoms with Crippen molar-refractivity contribution in [2.45, 2.75) is 37.6 Å². The molecule has 0 fully saturated rings. The number of ether oxygens (including phenoxy) is 2. The van der Waals surface area contributed by atoms with Gasteiger partial charge in [0.05, 0.1) is 19.3 Å². The molecule has 0 aliphatic rings. The van der Waals surface area contributed by atoms with E-state index in [4.69, 9.17) is 9.47 Å². The van der Waals surface area contributed by atoms with Crippen LogP contribution in [-0.2, 0) is 35.3 Å². The monoisotopic (exact) mass is 687 g/mol. The van der Waals surface area contributed by atoms with Gasteiger partial charge in [-0.05, 0) is 29.2 Å². The number of alkyl halides is 2. The molecule has 0 aliphatic heterocycles. The third-order valence-corrected chi connectivity index (χ3v) is 7.72. The number of carbonyl (C=O) groups excluding carboxylic acids is 4. The third-order valence-electron chi connectivity index (χ3n) is 7.72. The summed E-state index contributed by atoms with van der Waals surface area (Å²) in [5.74, 6) is -9.05. The fourth-order valence-electron chi connectivity index (χ4n) is 5.29. The average Bonchev–Trinajstić information content (AvgIpc) is 3.14. The van der Waals surface area contributed by atoms with E-state index in [-0.39, 0.29) is 24.3 Å². The van der Waals surface area contributed by atoms with Crippen LogP contribution >= 0.6 is 0 Å². The van der Waals surface area contributed by atoms with Gasteiger partial charge in [0, 0.05) is 0 Å². The van der Waals surface area contributed by atoms with Gasteiger partial charge in [-0.25, -0.2) is 0 Å². The zero-order valence-corrected chi connectivity index (χ0v) is 27.4. The van der Waals surface area contributed by atoms with Gasteiger partial charge in [0.1, 0.15) is 31.8 Å². The highest BCUT2D eigenvalue weighted by Gasteiger charge is 2.53. The first-order valence-corrected chi connectivity index (χ1v) is 16.0. The molecule has 0 saturated carbocycles. The van der Waals surface area contributed by atoms with Crippen molar-refractivity contribution in [3.63, 3.8) is 0 Å². The second-order valence-electron chi connectivity index (χ2n) is 11.2. The number of rotatable bonds is 17. The summed E-state index contributed by atoms with van der Waals surface area (Å²) >= 11 is 0. The quantitative estimate of drug-likeness (QED) is 0.136. The highest BCUT2D eigenvalue weighted by molar-refractivity contribution is 5.95. The molecule has 262 valence electrons. The van der Waals surface area contributed by atoms with Crippen LogP contribution in [0.25, 0.3) is 0 Å². The van der Waals surface area contributed by atoms with Crippen LogP contribution in [0.15, 0.2) is 121 Å². The Morgan fingerprint density at radius 3 is 1.80 bits per heavy atom. The molecule has 4 aromatic carbocycles. The van der Waals surface area contributed by atoms with Crippen LogP contribution in [-0.4, -0.2) is 66.0 Å². The lowest BCUT2D eigenvalue weighted by Gasteiger charge is -2.37. The Hall–Kier alpha value is -5.46. The molecule has 0 aliphatic carbocycles. The maximum absolute atomic E-state index is 17.0. The van der Waals surface area contributed by atoms with E-state index in [0.717, 1.165) is 0 Å². The van der Waals surface area contributed by atoms with E-state index in [1.54, 1.807) is 79.7 Å². The van der Waals surface area contributed by atoms with E-state index in [2.05, 4.69) is 10.6 Å². The molecule has 0 radical (unpaired) electrons. The normalized spacial score (nSPS) is 13.0. The van der Waals surface area contributed by atoms with Crippen molar-refractivity contribution in [3.8, 4) is 0 Å². The predicted octanol–water partition coefficient (Wildman–Crippen LogP) is 4.68. The first-order chi connectivity index (χ1) is 24.1. The Balaban J connectivity index is 1.77. The van der Waals surface area contributed by atoms with E-state index < -0.39 is 67.5 Å². The Bertz CT molecular complexity index is 1680. The Morgan fingerprint density at radius 2 is 1.26 bits per heavy atom. The molecule has 0 unspecified atom stereocenters. The molecule has 10 nitrogen and oxygen atoms in total. The zero-order valence-electron chi connectivity index (χ0n) is 27.4. The predicted molar refractivity (Wildman–Crippen MR) is 180 cm³/mol. The SMILES string of the molecule is CCOC(=O)CNC(=O)[C@H](c1ccccc1)N(CC(=O)OCc1ccccc1)C(=O)C(F)(F)[C@@H](N[C@@H](CO)c1ccccc1)c1ccccc1. The molecule has 2 amide bonds. The standard InChI is InChI=1S/C38H39F2N3O7/c1-2-49-32(45)23-41-36(47)34(29-19-11-5-12-20-29)43(24-33(46)50-26-27-15-7-3-8-16-27)37(48)38(39,40)35(30-21-13-6-14-22-30)42-31(25-44)28-17-9-4-10-18-28/h3-22,31,34-35,42,44H,2,23-26H2,1H3,(H,41,47)/t31-,34-,35-/m0/s1. The second-order valence-corrected chi connectivity index (χ2v) is 11.2. The molecular formula is C38H39F2N3O7. The molecule has 0 bridgehead atoms. The Kier molecular flexibility index (Phi) is 13.7. The molecule has 50 heavy (non-hydrogen) atoms. The van der Waals surface area contributed by atoms with Crippen LogP contribution in [0.1, 0.15) is 47.3 Å². The minimum atomic E-state index is -4.32. The van der Waals surface area contributed by atoms with Gasteiger partial charge in [-0.15, -0.1) is 0 Å². The smallest absolute Gasteiger partial charge is 0.343 e. The topological polar surface area (TPSA) is 134 Å². The molecule has 0 saturated heterocycles. The van der Waals surface area contributed by atoms with Crippen molar-refractivity contribution in [2.24, 2.45) is 0 Å². The van der Waals surface area contributed by atoms with Crippen molar-refractivity contribution >= 4 is 23.8 Å². The number of amides is 2. The number of hydrogen-bond acceptors (Lipinski definition) is 8. The summed E-state index contributed by atoms with van der Waals surface area (Å²) in [7, 11) is 0. The van der Waals surface area contributed by atoms with Crippen LogP contribution in [0.2, 0.25) is 0 Å².